The van der Waals surface area contributed by atoms with Crippen molar-refractivity contribution in [3.8, 4) is 5.75 Å². The molecule has 5 rings (SSSR count). The molecule has 3 amide bonds. The molecule has 0 aliphatic carbocycles. The van der Waals surface area contributed by atoms with Crippen LogP contribution in [0.25, 0.3) is 10.9 Å². The van der Waals surface area contributed by atoms with Crippen molar-refractivity contribution in [2.45, 2.75) is 38.9 Å². The van der Waals surface area contributed by atoms with Gasteiger partial charge in [-0.3, -0.25) is 19.6 Å². The van der Waals surface area contributed by atoms with Gasteiger partial charge in [0.2, 0.25) is 11.8 Å². The van der Waals surface area contributed by atoms with E-state index < -0.39 is 11.9 Å². The first-order chi connectivity index (χ1) is 16.9. The zero-order chi connectivity index (χ0) is 24.7. The number of carbonyl (C=O) groups is 3. The van der Waals surface area contributed by atoms with Gasteiger partial charge in [0, 0.05) is 41.7 Å². The van der Waals surface area contributed by atoms with Crippen molar-refractivity contribution >= 4 is 28.6 Å². The molecule has 3 heterocycles. The Hall–Kier alpha value is -3.85. The van der Waals surface area contributed by atoms with E-state index in [-0.39, 0.29) is 18.4 Å². The summed E-state index contributed by atoms with van der Waals surface area (Å²) in [6, 6.07) is 12.4. The van der Waals surface area contributed by atoms with Gasteiger partial charge in [-0.05, 0) is 47.9 Å². The van der Waals surface area contributed by atoms with Crippen LogP contribution < -0.4 is 10.2 Å². The van der Waals surface area contributed by atoms with Crippen LogP contribution in [0.15, 0.2) is 42.5 Å². The predicted molar refractivity (Wildman–Crippen MR) is 128 cm³/mol. The molecule has 2 aliphatic heterocycles. The molecule has 1 atom stereocenters. The van der Waals surface area contributed by atoms with Gasteiger partial charge in [0.1, 0.15) is 11.8 Å². The topological polar surface area (TPSA) is 104 Å². The number of amides is 3. The second-order valence-electron chi connectivity index (χ2n) is 9.03. The van der Waals surface area contributed by atoms with Crippen molar-refractivity contribution in [1.29, 1.82) is 0 Å². The molecule has 0 bridgehead atoms. The number of nitrogens with zero attached hydrogens (tertiary/aromatic N) is 3. The van der Waals surface area contributed by atoms with E-state index >= 15 is 0 Å². The molecule has 2 N–H and O–H groups in total. The number of rotatable bonds is 6. The third-order valence-corrected chi connectivity index (χ3v) is 6.98. The highest BCUT2D eigenvalue weighted by Gasteiger charge is 2.43. The molecule has 9 heteroatoms. The fourth-order valence-electron chi connectivity index (χ4n) is 5.24. The van der Waals surface area contributed by atoms with Gasteiger partial charge in [-0.2, -0.15) is 0 Å². The van der Waals surface area contributed by atoms with Crippen LogP contribution in [-0.2, 0) is 29.1 Å². The fourth-order valence-corrected chi connectivity index (χ4v) is 5.24. The molecule has 1 fully saturated rings. The lowest BCUT2D eigenvalue weighted by Crippen LogP contribution is -2.61. The summed E-state index contributed by atoms with van der Waals surface area (Å²) in [7, 11) is 1.63. The van der Waals surface area contributed by atoms with Crippen LogP contribution in [0.3, 0.4) is 0 Å². The van der Waals surface area contributed by atoms with Gasteiger partial charge in [0.15, 0.2) is 0 Å². The van der Waals surface area contributed by atoms with Gasteiger partial charge in [-0.15, -0.1) is 0 Å². The molecular formula is C26H28N4O5. The molecular weight excluding hydrogens is 448 g/mol. The number of nitrogens with one attached hydrogen (secondary N) is 1. The number of hydroxylamine groups is 1. The second-order valence-corrected chi connectivity index (χ2v) is 9.03. The highest BCUT2D eigenvalue weighted by Crippen LogP contribution is 2.37. The maximum Gasteiger partial charge on any atom is 0.274 e. The van der Waals surface area contributed by atoms with Gasteiger partial charge in [-0.1, -0.05) is 19.1 Å². The van der Waals surface area contributed by atoms with E-state index in [1.807, 2.05) is 37.3 Å². The van der Waals surface area contributed by atoms with Crippen LogP contribution in [0.4, 0.5) is 0 Å². The standard InChI is InChI=1S/C26H28N4O5/c1-3-10-28-15-24(31)30-14-23-20(12-22(30)26(28)33)19-11-18(35-2)8-9-21(19)29(23)13-16-4-6-17(7-5-16)25(32)27-34/h4-9,11,22,34H,3,10,12-15H2,1-2H3,(H,27,32). The average Bonchev–Trinajstić information content (AvgIpc) is 3.18. The Kier molecular flexibility index (Phi) is 5.94. The minimum Gasteiger partial charge on any atom is -0.497 e. The first-order valence-corrected chi connectivity index (χ1v) is 11.7. The zero-order valence-corrected chi connectivity index (χ0v) is 19.8. The van der Waals surface area contributed by atoms with Crippen LogP contribution in [0.1, 0.15) is 40.5 Å². The third-order valence-electron chi connectivity index (χ3n) is 6.98. The average molecular weight is 477 g/mol. The van der Waals surface area contributed by atoms with Crippen molar-refractivity contribution in [2.24, 2.45) is 0 Å². The summed E-state index contributed by atoms with van der Waals surface area (Å²) in [6.07, 6.45) is 1.28. The van der Waals surface area contributed by atoms with Crippen molar-refractivity contribution in [3.63, 3.8) is 0 Å². The number of ether oxygens (including phenoxy) is 1. The quantitative estimate of drug-likeness (QED) is 0.420. The Morgan fingerprint density at radius 1 is 1.14 bits per heavy atom. The number of hydrogen-bond donors (Lipinski definition) is 2. The molecule has 0 saturated carbocycles. The Balaban J connectivity index is 1.57. The van der Waals surface area contributed by atoms with E-state index in [0.29, 0.717) is 31.6 Å². The highest BCUT2D eigenvalue weighted by molar-refractivity contribution is 5.97. The van der Waals surface area contributed by atoms with Gasteiger partial charge < -0.3 is 19.1 Å². The Morgan fingerprint density at radius 3 is 2.60 bits per heavy atom. The summed E-state index contributed by atoms with van der Waals surface area (Å²) >= 11 is 0. The lowest BCUT2D eigenvalue weighted by molar-refractivity contribution is -0.157. The van der Waals surface area contributed by atoms with Crippen LogP contribution in [0.5, 0.6) is 5.75 Å². The minimum atomic E-state index is -0.566. The zero-order valence-electron chi connectivity index (χ0n) is 19.8. The molecule has 1 unspecified atom stereocenters. The smallest absolute Gasteiger partial charge is 0.274 e. The van der Waals surface area contributed by atoms with E-state index in [1.54, 1.807) is 34.5 Å². The number of aromatic nitrogens is 1. The summed E-state index contributed by atoms with van der Waals surface area (Å²) in [5.41, 5.74) is 6.04. The molecule has 2 aromatic carbocycles. The molecule has 35 heavy (non-hydrogen) atoms. The van der Waals surface area contributed by atoms with Crippen molar-refractivity contribution in [2.75, 3.05) is 20.2 Å². The number of benzene rings is 2. The third kappa shape index (κ3) is 3.91. The van der Waals surface area contributed by atoms with Gasteiger partial charge in [0.05, 0.1) is 20.2 Å². The fraction of sp³-hybridized carbons (Fsp3) is 0.346. The van der Waals surface area contributed by atoms with E-state index in [9.17, 15) is 14.4 Å². The lowest BCUT2D eigenvalue weighted by Gasteiger charge is -2.43. The predicted octanol–water partition coefficient (Wildman–Crippen LogP) is 2.32. The van der Waals surface area contributed by atoms with Crippen LogP contribution in [-0.4, -0.2) is 63.5 Å². The number of fused-ring (bicyclic) bond motifs is 4. The summed E-state index contributed by atoms with van der Waals surface area (Å²) in [5.74, 6) is 0.155. The van der Waals surface area contributed by atoms with E-state index in [2.05, 4.69) is 4.57 Å². The summed E-state index contributed by atoms with van der Waals surface area (Å²) < 4.78 is 7.65. The summed E-state index contributed by atoms with van der Waals surface area (Å²) in [5, 5.41) is 9.88. The highest BCUT2D eigenvalue weighted by atomic mass is 16.5. The molecule has 1 saturated heterocycles. The van der Waals surface area contributed by atoms with E-state index in [1.165, 1.54) is 0 Å². The van der Waals surface area contributed by atoms with Gasteiger partial charge in [0.25, 0.3) is 5.91 Å². The first kappa shape index (κ1) is 22.9. The first-order valence-electron chi connectivity index (χ1n) is 11.7. The van der Waals surface area contributed by atoms with Crippen LogP contribution in [0, 0.1) is 0 Å². The molecule has 9 nitrogen and oxygen atoms in total. The van der Waals surface area contributed by atoms with Crippen molar-refractivity contribution in [1.82, 2.24) is 19.8 Å². The lowest BCUT2D eigenvalue weighted by atomic mass is 9.93. The minimum absolute atomic E-state index is 0.0126. The van der Waals surface area contributed by atoms with Crippen LogP contribution in [0.2, 0.25) is 0 Å². The number of carbonyl (C=O) groups excluding carboxylic acids is 3. The Morgan fingerprint density at radius 2 is 1.91 bits per heavy atom. The number of methoxy groups -OCH3 is 1. The van der Waals surface area contributed by atoms with E-state index in [4.69, 9.17) is 9.94 Å². The van der Waals surface area contributed by atoms with Gasteiger partial charge >= 0.3 is 0 Å². The molecule has 2 aliphatic rings. The van der Waals surface area contributed by atoms with E-state index in [0.717, 1.165) is 39.9 Å². The monoisotopic (exact) mass is 476 g/mol. The number of piperazine rings is 1. The van der Waals surface area contributed by atoms with Gasteiger partial charge in [-0.25, -0.2) is 5.48 Å². The maximum absolute atomic E-state index is 13.2. The van der Waals surface area contributed by atoms with Crippen molar-refractivity contribution < 1.29 is 24.3 Å². The van der Waals surface area contributed by atoms with Crippen LogP contribution >= 0.6 is 0 Å². The molecule has 1 aromatic heterocycles. The molecule has 182 valence electrons. The summed E-state index contributed by atoms with van der Waals surface area (Å²) in [4.78, 5) is 41.3. The molecule has 0 spiro atoms. The largest absolute Gasteiger partial charge is 0.497 e. The molecule has 0 radical (unpaired) electrons. The SMILES string of the molecule is CCCN1CC(=O)N2Cc3c(c4cc(OC)ccc4n3Cc3ccc(C(=O)NO)cc3)CC2C1=O. The normalized spacial score (nSPS) is 17.4. The number of hydrogen-bond acceptors (Lipinski definition) is 5. The Bertz CT molecular complexity index is 1310. The molecule has 3 aromatic rings. The Labute approximate surface area is 202 Å². The second kappa shape index (κ2) is 9.07. The van der Waals surface area contributed by atoms with Crippen molar-refractivity contribution in [3.05, 3.63) is 64.8 Å². The maximum atomic E-state index is 13.2. The summed E-state index contributed by atoms with van der Waals surface area (Å²) in [6.45, 7) is 3.61.